The minimum atomic E-state index is -0.519. The molecule has 176 valence electrons. The van der Waals surface area contributed by atoms with Crippen molar-refractivity contribution in [2.45, 2.75) is 32.4 Å². The number of rotatable bonds is 8. The van der Waals surface area contributed by atoms with Crippen LogP contribution in [-0.4, -0.2) is 36.2 Å². The number of allylic oxidation sites excluding steroid dienone is 1. The van der Waals surface area contributed by atoms with Crippen LogP contribution >= 0.6 is 11.8 Å². The van der Waals surface area contributed by atoms with Gasteiger partial charge in [-0.2, -0.15) is 0 Å². The number of nitrogens with zero attached hydrogens (tertiary/aromatic N) is 2. The van der Waals surface area contributed by atoms with Crippen molar-refractivity contribution in [3.05, 3.63) is 88.1 Å². The third-order valence-electron chi connectivity index (χ3n) is 5.74. The number of amides is 1. The van der Waals surface area contributed by atoms with Gasteiger partial charge in [-0.15, -0.1) is 0 Å². The Morgan fingerprint density at radius 2 is 1.82 bits per heavy atom. The van der Waals surface area contributed by atoms with E-state index < -0.39 is 12.0 Å². The van der Waals surface area contributed by atoms with Crippen LogP contribution in [0, 0.1) is 0 Å². The van der Waals surface area contributed by atoms with Gasteiger partial charge >= 0.3 is 5.97 Å². The van der Waals surface area contributed by atoms with Crippen LogP contribution in [0.4, 0.5) is 0 Å². The first kappa shape index (κ1) is 23.6. The van der Waals surface area contributed by atoms with Gasteiger partial charge < -0.3 is 19.7 Å². The molecule has 0 aliphatic carbocycles. The van der Waals surface area contributed by atoms with Crippen molar-refractivity contribution in [1.82, 2.24) is 10.2 Å². The number of hydrogen-bond donors (Lipinski definition) is 1. The molecular formula is C26H27N3O4S. The second kappa shape index (κ2) is 10.6. The lowest BCUT2D eigenvalue weighted by molar-refractivity contribution is -0.136. The molecule has 34 heavy (non-hydrogen) atoms. The number of amidine groups is 1. The minimum Gasteiger partial charge on any atom is -0.496 e. The molecule has 1 atom stereocenters. The molecule has 0 radical (unpaired) electrons. The lowest BCUT2D eigenvalue weighted by atomic mass is 9.92. The summed E-state index contributed by atoms with van der Waals surface area (Å²) in [5.41, 5.74) is 3.73. The monoisotopic (exact) mass is 477 g/mol. The summed E-state index contributed by atoms with van der Waals surface area (Å²) in [7, 11) is 2.97. The van der Waals surface area contributed by atoms with E-state index in [0.717, 1.165) is 22.0 Å². The van der Waals surface area contributed by atoms with E-state index in [2.05, 4.69) is 5.32 Å². The Bertz CT molecular complexity index is 1170. The summed E-state index contributed by atoms with van der Waals surface area (Å²) in [4.78, 5) is 32.5. The lowest BCUT2D eigenvalue weighted by Crippen LogP contribution is -2.38. The van der Waals surface area contributed by atoms with Crippen LogP contribution in [0.25, 0.3) is 0 Å². The smallest absolute Gasteiger partial charge is 0.338 e. The summed E-state index contributed by atoms with van der Waals surface area (Å²) in [6.07, 6.45) is 0.724. The number of para-hydroxylation sites is 1. The number of aliphatic imine (C=N–C) groups is 1. The van der Waals surface area contributed by atoms with Crippen LogP contribution < -0.4 is 10.1 Å². The van der Waals surface area contributed by atoms with Crippen LogP contribution in [0.1, 0.15) is 36.9 Å². The molecular weight excluding hydrogens is 450 g/mol. The Hall–Kier alpha value is -3.52. The predicted octanol–water partition coefficient (Wildman–Crippen LogP) is 4.54. The first-order valence-electron chi connectivity index (χ1n) is 11.1. The zero-order chi connectivity index (χ0) is 24.1. The van der Waals surface area contributed by atoms with Gasteiger partial charge in [-0.3, -0.25) is 4.79 Å². The van der Waals surface area contributed by atoms with E-state index in [1.54, 1.807) is 7.11 Å². The van der Waals surface area contributed by atoms with Crippen molar-refractivity contribution in [1.29, 1.82) is 0 Å². The number of fused-ring (bicyclic) bond motifs is 1. The number of nitrogens with one attached hydrogen (secondary N) is 1. The molecule has 0 unspecified atom stereocenters. The molecule has 0 spiro atoms. The molecule has 4 rings (SSSR count). The van der Waals surface area contributed by atoms with Crippen LogP contribution in [-0.2, 0) is 20.9 Å². The molecule has 2 aliphatic heterocycles. The number of ether oxygens (including phenoxy) is 2. The third-order valence-corrected chi connectivity index (χ3v) is 6.63. The van der Waals surface area contributed by atoms with Gasteiger partial charge in [-0.1, -0.05) is 67.2 Å². The highest BCUT2D eigenvalue weighted by molar-refractivity contribution is 8.16. The van der Waals surface area contributed by atoms with E-state index in [-0.39, 0.29) is 12.3 Å². The number of methoxy groups -OCH3 is 2. The maximum Gasteiger partial charge on any atom is 0.338 e. The summed E-state index contributed by atoms with van der Waals surface area (Å²) in [6, 6.07) is 16.8. The molecule has 0 saturated heterocycles. The van der Waals surface area contributed by atoms with Crippen LogP contribution in [0.5, 0.6) is 5.75 Å². The molecule has 2 aliphatic rings. The van der Waals surface area contributed by atoms with Crippen molar-refractivity contribution >= 4 is 28.8 Å². The van der Waals surface area contributed by atoms with E-state index in [4.69, 9.17) is 14.5 Å². The van der Waals surface area contributed by atoms with Crippen molar-refractivity contribution in [2.24, 2.45) is 4.99 Å². The highest BCUT2D eigenvalue weighted by Crippen LogP contribution is 2.47. The first-order chi connectivity index (χ1) is 16.6. The molecule has 2 aromatic carbocycles. The second-order valence-electron chi connectivity index (χ2n) is 7.78. The fraction of sp³-hybridized carbons (Fsp3) is 0.269. The SMILES string of the molecule is CCC1=C(C(=O)OC)[C@@H](c2ccccc2OC)N2C(CC(=O)NCc3ccccc3)=CSC2=N1. The molecule has 2 heterocycles. The lowest BCUT2D eigenvalue weighted by Gasteiger charge is -2.37. The van der Waals surface area contributed by atoms with Crippen LogP contribution in [0.15, 0.2) is 82.0 Å². The summed E-state index contributed by atoms with van der Waals surface area (Å²) in [5.74, 6) is 0.0938. The van der Waals surface area contributed by atoms with Crippen molar-refractivity contribution in [3.63, 3.8) is 0 Å². The average molecular weight is 478 g/mol. The molecule has 0 aromatic heterocycles. The summed E-state index contributed by atoms with van der Waals surface area (Å²) >= 11 is 1.45. The van der Waals surface area contributed by atoms with Crippen LogP contribution in [0.2, 0.25) is 0 Å². The predicted molar refractivity (Wildman–Crippen MR) is 133 cm³/mol. The highest BCUT2D eigenvalue weighted by atomic mass is 32.2. The highest BCUT2D eigenvalue weighted by Gasteiger charge is 2.42. The maximum atomic E-state index is 13.0. The van der Waals surface area contributed by atoms with Gasteiger partial charge in [0.1, 0.15) is 5.75 Å². The van der Waals surface area contributed by atoms with Gasteiger partial charge in [-0.05, 0) is 23.5 Å². The Labute approximate surface area is 203 Å². The molecule has 8 heteroatoms. The topological polar surface area (TPSA) is 80.2 Å². The summed E-state index contributed by atoms with van der Waals surface area (Å²) in [5, 5.41) is 5.64. The van der Waals surface area contributed by atoms with E-state index in [9.17, 15) is 9.59 Å². The van der Waals surface area contributed by atoms with Gasteiger partial charge in [-0.25, -0.2) is 9.79 Å². The number of esters is 1. The zero-order valence-corrected chi connectivity index (χ0v) is 20.2. The Morgan fingerprint density at radius 3 is 2.53 bits per heavy atom. The summed E-state index contributed by atoms with van der Waals surface area (Å²) in [6.45, 7) is 2.41. The fourth-order valence-corrected chi connectivity index (χ4v) is 5.06. The quantitative estimate of drug-likeness (QED) is 0.563. The third kappa shape index (κ3) is 4.72. The fourth-order valence-electron chi connectivity index (χ4n) is 4.12. The van der Waals surface area contributed by atoms with Gasteiger partial charge in [0.05, 0.1) is 38.0 Å². The average Bonchev–Trinajstić information content (AvgIpc) is 3.28. The van der Waals surface area contributed by atoms with Crippen molar-refractivity contribution in [2.75, 3.05) is 14.2 Å². The Morgan fingerprint density at radius 1 is 1.09 bits per heavy atom. The van der Waals surface area contributed by atoms with Gasteiger partial charge in [0.2, 0.25) is 5.91 Å². The molecule has 0 fully saturated rings. The van der Waals surface area contributed by atoms with Gasteiger partial charge in [0.15, 0.2) is 5.17 Å². The van der Waals surface area contributed by atoms with E-state index in [0.29, 0.717) is 30.0 Å². The summed E-state index contributed by atoms with van der Waals surface area (Å²) < 4.78 is 10.8. The minimum absolute atomic E-state index is 0.111. The molecule has 2 aromatic rings. The Balaban J connectivity index is 1.67. The van der Waals surface area contributed by atoms with Crippen molar-refractivity contribution in [3.8, 4) is 5.75 Å². The van der Waals surface area contributed by atoms with Crippen molar-refractivity contribution < 1.29 is 19.1 Å². The Kier molecular flexibility index (Phi) is 7.37. The number of hydrogen-bond acceptors (Lipinski definition) is 7. The standard InChI is InChI=1S/C26H27N3O4S/c1-4-20-23(25(31)33-3)24(19-12-8-9-13-21(19)32-2)29-18(16-34-26(29)28-20)14-22(30)27-15-17-10-6-5-7-11-17/h5-13,16,24H,4,14-15H2,1-3H3,(H,27,30)/t24-/m1/s1. The first-order valence-corrected chi connectivity index (χ1v) is 11.9. The largest absolute Gasteiger partial charge is 0.496 e. The normalized spacial score (nSPS) is 17.0. The zero-order valence-electron chi connectivity index (χ0n) is 19.4. The second-order valence-corrected chi connectivity index (χ2v) is 8.62. The van der Waals surface area contributed by atoms with E-state index >= 15 is 0 Å². The number of carbonyl (C=O) groups is 2. The van der Waals surface area contributed by atoms with Gasteiger partial charge in [0.25, 0.3) is 0 Å². The van der Waals surface area contributed by atoms with E-state index in [1.165, 1.54) is 18.9 Å². The maximum absolute atomic E-state index is 13.0. The van der Waals surface area contributed by atoms with Gasteiger partial charge in [0, 0.05) is 17.8 Å². The molecule has 0 saturated carbocycles. The number of thioether (sulfide) groups is 1. The number of carbonyl (C=O) groups excluding carboxylic acids is 2. The molecule has 1 N–H and O–H groups in total. The molecule has 7 nitrogen and oxygen atoms in total. The van der Waals surface area contributed by atoms with Crippen LogP contribution in [0.3, 0.4) is 0 Å². The number of benzene rings is 2. The molecule has 0 bridgehead atoms. The van der Waals surface area contributed by atoms with E-state index in [1.807, 2.05) is 71.8 Å². The molecule has 1 amide bonds.